The van der Waals surface area contributed by atoms with Crippen LogP contribution in [-0.2, 0) is 0 Å². The Bertz CT molecular complexity index is 264. The molecule has 1 aromatic heterocycles. The van der Waals surface area contributed by atoms with E-state index in [0.29, 0.717) is 12.5 Å². The van der Waals surface area contributed by atoms with Crippen molar-refractivity contribution in [2.75, 3.05) is 11.4 Å². The summed E-state index contributed by atoms with van der Waals surface area (Å²) in [5, 5.41) is 9.25. The number of aliphatic hydroxyl groups excluding tert-OH is 1. The van der Waals surface area contributed by atoms with Gasteiger partial charge in [-0.25, -0.2) is 9.97 Å². The van der Waals surface area contributed by atoms with Crippen LogP contribution in [0.1, 0.15) is 6.92 Å². The summed E-state index contributed by atoms with van der Waals surface area (Å²) < 4.78 is 0. The predicted octanol–water partition coefficient (Wildman–Crippen LogP) is 0.0460. The Morgan fingerprint density at radius 2 is 2.17 bits per heavy atom. The average molecular weight is 165 g/mol. The van der Waals surface area contributed by atoms with E-state index in [1.54, 1.807) is 18.5 Å². The first-order chi connectivity index (χ1) is 5.79. The third-order valence-corrected chi connectivity index (χ3v) is 2.24. The van der Waals surface area contributed by atoms with E-state index in [1.165, 1.54) is 0 Å². The molecule has 2 unspecified atom stereocenters. The van der Waals surface area contributed by atoms with Gasteiger partial charge in [0.2, 0.25) is 5.95 Å². The molecular formula is C8H11N3O. The summed E-state index contributed by atoms with van der Waals surface area (Å²) in [7, 11) is 0. The zero-order valence-electron chi connectivity index (χ0n) is 6.88. The normalized spacial score (nSPS) is 28.3. The van der Waals surface area contributed by atoms with Crippen molar-refractivity contribution in [3.8, 4) is 0 Å². The van der Waals surface area contributed by atoms with Gasteiger partial charge in [0.05, 0.1) is 12.1 Å². The molecule has 1 aromatic rings. The summed E-state index contributed by atoms with van der Waals surface area (Å²) in [5.74, 6) is 0.704. The molecule has 2 atom stereocenters. The lowest BCUT2D eigenvalue weighted by molar-refractivity contribution is 0.0979. The first-order valence-corrected chi connectivity index (χ1v) is 4.01. The van der Waals surface area contributed by atoms with Gasteiger partial charge in [-0.15, -0.1) is 0 Å². The number of anilines is 1. The fraction of sp³-hybridized carbons (Fsp3) is 0.500. The molecule has 1 fully saturated rings. The van der Waals surface area contributed by atoms with Crippen LogP contribution >= 0.6 is 0 Å². The highest BCUT2D eigenvalue weighted by molar-refractivity contribution is 5.36. The first kappa shape index (κ1) is 7.49. The second kappa shape index (κ2) is 2.71. The molecule has 1 saturated heterocycles. The Hall–Kier alpha value is -1.16. The van der Waals surface area contributed by atoms with Crippen LogP contribution in [0.15, 0.2) is 18.5 Å². The maximum atomic E-state index is 9.25. The van der Waals surface area contributed by atoms with Gasteiger partial charge in [0.25, 0.3) is 0 Å². The van der Waals surface area contributed by atoms with Crippen LogP contribution < -0.4 is 4.90 Å². The van der Waals surface area contributed by atoms with Crippen molar-refractivity contribution < 1.29 is 5.11 Å². The quantitative estimate of drug-likeness (QED) is 0.638. The van der Waals surface area contributed by atoms with E-state index in [4.69, 9.17) is 0 Å². The number of nitrogens with zero attached hydrogens (tertiary/aromatic N) is 3. The van der Waals surface area contributed by atoms with Gasteiger partial charge in [-0.1, -0.05) is 0 Å². The highest BCUT2D eigenvalue weighted by Gasteiger charge is 2.35. The molecule has 0 aliphatic carbocycles. The number of β-amino-alcohol motifs (C(OH)–C–C–N with tert-alkyl or cyclic N) is 1. The molecule has 4 nitrogen and oxygen atoms in total. The molecule has 4 heteroatoms. The summed E-state index contributed by atoms with van der Waals surface area (Å²) in [6, 6.07) is 1.93. The first-order valence-electron chi connectivity index (χ1n) is 4.01. The maximum Gasteiger partial charge on any atom is 0.225 e. The van der Waals surface area contributed by atoms with E-state index in [9.17, 15) is 5.11 Å². The Balaban J connectivity index is 2.13. The molecule has 1 aliphatic rings. The minimum absolute atomic E-state index is 0.146. The van der Waals surface area contributed by atoms with E-state index in [0.717, 1.165) is 0 Å². The lowest BCUT2D eigenvalue weighted by Gasteiger charge is -2.43. The Morgan fingerprint density at radius 3 is 2.67 bits per heavy atom. The molecule has 2 heterocycles. The van der Waals surface area contributed by atoms with Gasteiger partial charge in [-0.05, 0) is 13.0 Å². The zero-order valence-corrected chi connectivity index (χ0v) is 6.88. The number of aromatic nitrogens is 2. The number of aliphatic hydroxyl groups is 1. The third kappa shape index (κ3) is 1.04. The van der Waals surface area contributed by atoms with Gasteiger partial charge < -0.3 is 10.0 Å². The molecule has 2 rings (SSSR count). The van der Waals surface area contributed by atoms with E-state index < -0.39 is 0 Å². The monoisotopic (exact) mass is 165 g/mol. The van der Waals surface area contributed by atoms with E-state index in [2.05, 4.69) is 9.97 Å². The molecule has 0 spiro atoms. The van der Waals surface area contributed by atoms with Crippen molar-refractivity contribution >= 4 is 5.95 Å². The maximum absolute atomic E-state index is 9.25. The van der Waals surface area contributed by atoms with Crippen LogP contribution in [0.4, 0.5) is 5.95 Å². The summed E-state index contributed by atoms with van der Waals surface area (Å²) in [5.41, 5.74) is 0. The molecule has 1 N–H and O–H groups in total. The molecule has 0 aromatic carbocycles. The zero-order chi connectivity index (χ0) is 8.55. The number of hydrogen-bond acceptors (Lipinski definition) is 4. The topological polar surface area (TPSA) is 49.2 Å². The van der Waals surface area contributed by atoms with Crippen LogP contribution in [0, 0.1) is 0 Å². The van der Waals surface area contributed by atoms with Crippen LogP contribution in [0.3, 0.4) is 0 Å². The van der Waals surface area contributed by atoms with Gasteiger partial charge in [0.15, 0.2) is 0 Å². The highest BCUT2D eigenvalue weighted by atomic mass is 16.3. The molecular weight excluding hydrogens is 154 g/mol. The van der Waals surface area contributed by atoms with Crippen molar-refractivity contribution in [2.45, 2.75) is 19.1 Å². The van der Waals surface area contributed by atoms with Gasteiger partial charge in [-0.2, -0.15) is 0 Å². The molecule has 0 bridgehead atoms. The van der Waals surface area contributed by atoms with Gasteiger partial charge in [-0.3, -0.25) is 0 Å². The van der Waals surface area contributed by atoms with E-state index in [1.807, 2.05) is 11.8 Å². The Labute approximate surface area is 70.9 Å². The van der Waals surface area contributed by atoms with E-state index in [-0.39, 0.29) is 12.1 Å². The van der Waals surface area contributed by atoms with Crippen molar-refractivity contribution in [1.82, 2.24) is 9.97 Å². The molecule has 1 aliphatic heterocycles. The van der Waals surface area contributed by atoms with Crippen LogP contribution in [0.2, 0.25) is 0 Å². The Morgan fingerprint density at radius 1 is 1.50 bits per heavy atom. The molecule has 0 radical (unpaired) electrons. The SMILES string of the molecule is CC1C(O)CN1c1ncccn1. The largest absolute Gasteiger partial charge is 0.389 e. The fourth-order valence-electron chi connectivity index (χ4n) is 1.29. The highest BCUT2D eigenvalue weighted by Crippen LogP contribution is 2.21. The minimum atomic E-state index is -0.228. The van der Waals surface area contributed by atoms with Crippen LogP contribution in [0.5, 0.6) is 0 Å². The summed E-state index contributed by atoms with van der Waals surface area (Å²) in [4.78, 5) is 10.2. The fourth-order valence-corrected chi connectivity index (χ4v) is 1.29. The third-order valence-electron chi connectivity index (χ3n) is 2.24. The van der Waals surface area contributed by atoms with Crippen molar-refractivity contribution in [2.24, 2.45) is 0 Å². The summed E-state index contributed by atoms with van der Waals surface area (Å²) >= 11 is 0. The number of rotatable bonds is 1. The second-order valence-corrected chi connectivity index (χ2v) is 3.01. The molecule has 64 valence electrons. The van der Waals surface area contributed by atoms with Gasteiger partial charge in [0, 0.05) is 18.9 Å². The van der Waals surface area contributed by atoms with Crippen molar-refractivity contribution in [3.63, 3.8) is 0 Å². The lowest BCUT2D eigenvalue weighted by atomic mass is 10.0. The average Bonchev–Trinajstić information content (AvgIpc) is 2.15. The van der Waals surface area contributed by atoms with E-state index >= 15 is 0 Å². The lowest BCUT2D eigenvalue weighted by Crippen LogP contribution is -2.59. The Kier molecular flexibility index (Phi) is 1.69. The molecule has 12 heavy (non-hydrogen) atoms. The van der Waals surface area contributed by atoms with Crippen molar-refractivity contribution in [1.29, 1.82) is 0 Å². The van der Waals surface area contributed by atoms with Crippen LogP contribution in [-0.4, -0.2) is 33.8 Å². The smallest absolute Gasteiger partial charge is 0.225 e. The van der Waals surface area contributed by atoms with Gasteiger partial charge >= 0.3 is 0 Å². The standard InChI is InChI=1S/C8H11N3O/c1-6-7(12)5-11(6)8-9-3-2-4-10-8/h2-4,6-7,12H,5H2,1H3. The molecule has 0 amide bonds. The molecule has 0 saturated carbocycles. The second-order valence-electron chi connectivity index (χ2n) is 3.01. The summed E-state index contributed by atoms with van der Waals surface area (Å²) in [6.07, 6.45) is 3.19. The minimum Gasteiger partial charge on any atom is -0.389 e. The summed E-state index contributed by atoms with van der Waals surface area (Å²) in [6.45, 7) is 2.61. The van der Waals surface area contributed by atoms with Crippen molar-refractivity contribution in [3.05, 3.63) is 18.5 Å². The van der Waals surface area contributed by atoms with Gasteiger partial charge in [0.1, 0.15) is 0 Å². The number of hydrogen-bond donors (Lipinski definition) is 1. The predicted molar refractivity (Wildman–Crippen MR) is 44.8 cm³/mol. The van der Waals surface area contributed by atoms with Crippen LogP contribution in [0.25, 0.3) is 0 Å².